The van der Waals surface area contributed by atoms with E-state index >= 15 is 0 Å². The fraction of sp³-hybridized carbons (Fsp3) is 0.312. The highest BCUT2D eigenvalue weighted by atomic mass is 16.1. The summed E-state index contributed by atoms with van der Waals surface area (Å²) in [5.41, 5.74) is 4.77. The summed E-state index contributed by atoms with van der Waals surface area (Å²) in [5, 5.41) is 6.24. The van der Waals surface area contributed by atoms with E-state index in [1.165, 1.54) is 5.56 Å². The van der Waals surface area contributed by atoms with E-state index in [2.05, 4.69) is 26.7 Å². The lowest BCUT2D eigenvalue weighted by Gasteiger charge is -2.19. The first kappa shape index (κ1) is 13.7. The highest BCUT2D eigenvalue weighted by Gasteiger charge is 2.16. The average Bonchev–Trinajstić information content (AvgIpc) is 2.53. The summed E-state index contributed by atoms with van der Waals surface area (Å²) in [4.78, 5) is 20.8. The van der Waals surface area contributed by atoms with Crippen molar-refractivity contribution >= 4 is 5.91 Å². The van der Waals surface area contributed by atoms with Crippen molar-refractivity contribution in [3.63, 3.8) is 0 Å². The van der Waals surface area contributed by atoms with E-state index in [-0.39, 0.29) is 5.91 Å². The predicted molar refractivity (Wildman–Crippen MR) is 79.8 cm³/mol. The van der Waals surface area contributed by atoms with Gasteiger partial charge >= 0.3 is 0 Å². The van der Waals surface area contributed by atoms with Gasteiger partial charge in [-0.25, -0.2) is 0 Å². The molecule has 1 aliphatic heterocycles. The molecule has 0 radical (unpaired) electrons. The third kappa shape index (κ3) is 3.08. The summed E-state index contributed by atoms with van der Waals surface area (Å²) in [6.07, 6.45) is 4.29. The Morgan fingerprint density at radius 2 is 2.24 bits per heavy atom. The van der Waals surface area contributed by atoms with E-state index in [0.29, 0.717) is 6.54 Å². The number of hydrogen-bond acceptors (Lipinski definition) is 4. The molecular formula is C16H18N4O. The van der Waals surface area contributed by atoms with Crippen LogP contribution in [-0.2, 0) is 19.5 Å². The van der Waals surface area contributed by atoms with Crippen molar-refractivity contribution in [2.45, 2.75) is 26.4 Å². The summed E-state index contributed by atoms with van der Waals surface area (Å²) in [6.45, 7) is 4.04. The lowest BCUT2D eigenvalue weighted by molar-refractivity contribution is 0.0949. The molecule has 108 valence electrons. The second-order valence-corrected chi connectivity index (χ2v) is 5.20. The summed E-state index contributed by atoms with van der Waals surface area (Å²) in [7, 11) is 0. The maximum atomic E-state index is 12.4. The van der Waals surface area contributed by atoms with Crippen LogP contribution < -0.4 is 10.6 Å². The third-order valence-corrected chi connectivity index (χ3v) is 3.65. The van der Waals surface area contributed by atoms with Gasteiger partial charge in [-0.15, -0.1) is 0 Å². The zero-order valence-electron chi connectivity index (χ0n) is 12.0. The van der Waals surface area contributed by atoms with Crippen molar-refractivity contribution in [3.05, 3.63) is 58.7 Å². The molecule has 21 heavy (non-hydrogen) atoms. The Morgan fingerprint density at radius 1 is 1.33 bits per heavy atom. The molecular weight excluding hydrogens is 264 g/mol. The lowest BCUT2D eigenvalue weighted by atomic mass is 9.95. The van der Waals surface area contributed by atoms with Crippen LogP contribution in [0.15, 0.2) is 30.6 Å². The number of amides is 1. The van der Waals surface area contributed by atoms with Gasteiger partial charge in [0.2, 0.25) is 0 Å². The standard InChI is InChI=1S/C16H18N4O/c1-11-7-19-13(9-18-11)10-20-16(21)15-4-2-3-12-8-17-6-5-14(12)15/h2-4,7,9,17H,5-6,8,10H2,1H3,(H,20,21). The van der Waals surface area contributed by atoms with Gasteiger partial charge in [-0.05, 0) is 37.1 Å². The van der Waals surface area contributed by atoms with Crippen LogP contribution in [0.4, 0.5) is 0 Å². The van der Waals surface area contributed by atoms with Gasteiger partial charge in [-0.3, -0.25) is 14.8 Å². The number of aryl methyl sites for hydroxylation is 1. The zero-order valence-corrected chi connectivity index (χ0v) is 12.0. The van der Waals surface area contributed by atoms with E-state index in [0.717, 1.165) is 42.0 Å². The number of benzene rings is 1. The number of fused-ring (bicyclic) bond motifs is 1. The topological polar surface area (TPSA) is 66.9 Å². The first-order chi connectivity index (χ1) is 10.2. The lowest BCUT2D eigenvalue weighted by Crippen LogP contribution is -2.29. The van der Waals surface area contributed by atoms with Crippen LogP contribution in [0.5, 0.6) is 0 Å². The Balaban J connectivity index is 1.72. The maximum Gasteiger partial charge on any atom is 0.251 e. The van der Waals surface area contributed by atoms with Crippen molar-refractivity contribution in [2.24, 2.45) is 0 Å². The van der Waals surface area contributed by atoms with Crippen molar-refractivity contribution < 1.29 is 4.79 Å². The van der Waals surface area contributed by atoms with E-state index in [1.807, 2.05) is 19.1 Å². The van der Waals surface area contributed by atoms with Gasteiger partial charge in [0.15, 0.2) is 0 Å². The first-order valence-corrected chi connectivity index (χ1v) is 7.11. The number of nitrogens with zero attached hydrogens (tertiary/aromatic N) is 2. The van der Waals surface area contributed by atoms with Crippen LogP contribution in [0.2, 0.25) is 0 Å². The molecule has 0 saturated heterocycles. The molecule has 0 spiro atoms. The van der Waals surface area contributed by atoms with Gasteiger partial charge < -0.3 is 10.6 Å². The minimum Gasteiger partial charge on any atom is -0.346 e. The Morgan fingerprint density at radius 3 is 3.05 bits per heavy atom. The summed E-state index contributed by atoms with van der Waals surface area (Å²) in [5.74, 6) is -0.0453. The molecule has 2 heterocycles. The van der Waals surface area contributed by atoms with Crippen LogP contribution in [-0.4, -0.2) is 22.4 Å². The van der Waals surface area contributed by atoms with E-state index in [1.54, 1.807) is 12.4 Å². The van der Waals surface area contributed by atoms with Crippen LogP contribution >= 0.6 is 0 Å². The summed E-state index contributed by atoms with van der Waals surface area (Å²) in [6, 6.07) is 5.90. The monoisotopic (exact) mass is 282 g/mol. The number of hydrogen-bond donors (Lipinski definition) is 2. The van der Waals surface area contributed by atoms with Gasteiger partial charge in [-0.1, -0.05) is 12.1 Å². The Labute approximate surface area is 123 Å². The number of aromatic nitrogens is 2. The molecule has 1 aromatic heterocycles. The van der Waals surface area contributed by atoms with Crippen LogP contribution in [0.25, 0.3) is 0 Å². The fourth-order valence-corrected chi connectivity index (χ4v) is 2.52. The molecule has 0 atom stereocenters. The molecule has 1 aliphatic rings. The number of rotatable bonds is 3. The molecule has 2 aromatic rings. The Bertz CT molecular complexity index is 652. The second-order valence-electron chi connectivity index (χ2n) is 5.20. The predicted octanol–water partition coefficient (Wildman–Crippen LogP) is 1.36. The van der Waals surface area contributed by atoms with E-state index < -0.39 is 0 Å². The Hall–Kier alpha value is -2.27. The van der Waals surface area contributed by atoms with Crippen LogP contribution in [0.3, 0.4) is 0 Å². The molecule has 1 aromatic carbocycles. The van der Waals surface area contributed by atoms with E-state index in [4.69, 9.17) is 0 Å². The zero-order chi connectivity index (χ0) is 14.7. The molecule has 0 saturated carbocycles. The Kier molecular flexibility index (Phi) is 3.92. The van der Waals surface area contributed by atoms with Gasteiger partial charge in [0.25, 0.3) is 5.91 Å². The fourth-order valence-electron chi connectivity index (χ4n) is 2.52. The van der Waals surface area contributed by atoms with Crippen molar-refractivity contribution in [3.8, 4) is 0 Å². The van der Waals surface area contributed by atoms with Gasteiger partial charge in [0, 0.05) is 18.3 Å². The normalized spacial score (nSPS) is 13.6. The van der Waals surface area contributed by atoms with Gasteiger partial charge in [0.1, 0.15) is 0 Å². The van der Waals surface area contributed by atoms with Gasteiger partial charge in [-0.2, -0.15) is 0 Å². The highest BCUT2D eigenvalue weighted by molar-refractivity contribution is 5.96. The van der Waals surface area contributed by atoms with Crippen LogP contribution in [0.1, 0.15) is 32.9 Å². The van der Waals surface area contributed by atoms with Crippen molar-refractivity contribution in [2.75, 3.05) is 6.54 Å². The molecule has 0 fully saturated rings. The second kappa shape index (κ2) is 6.01. The minimum atomic E-state index is -0.0453. The van der Waals surface area contributed by atoms with Crippen molar-refractivity contribution in [1.29, 1.82) is 0 Å². The number of nitrogens with one attached hydrogen (secondary N) is 2. The SMILES string of the molecule is Cc1cnc(CNC(=O)c2cccc3c2CCNC3)cn1. The molecule has 0 aliphatic carbocycles. The minimum absolute atomic E-state index is 0.0453. The molecule has 3 rings (SSSR count). The molecule has 5 nitrogen and oxygen atoms in total. The average molecular weight is 282 g/mol. The largest absolute Gasteiger partial charge is 0.346 e. The number of carbonyl (C=O) groups is 1. The van der Waals surface area contributed by atoms with E-state index in [9.17, 15) is 4.79 Å². The highest BCUT2D eigenvalue weighted by Crippen LogP contribution is 2.18. The first-order valence-electron chi connectivity index (χ1n) is 7.11. The summed E-state index contributed by atoms with van der Waals surface area (Å²) < 4.78 is 0. The van der Waals surface area contributed by atoms with Gasteiger partial charge in [0.05, 0.1) is 24.1 Å². The van der Waals surface area contributed by atoms with Crippen molar-refractivity contribution in [1.82, 2.24) is 20.6 Å². The summed E-state index contributed by atoms with van der Waals surface area (Å²) >= 11 is 0. The molecule has 0 bridgehead atoms. The smallest absolute Gasteiger partial charge is 0.251 e. The number of carbonyl (C=O) groups excluding carboxylic acids is 1. The van der Waals surface area contributed by atoms with Crippen LogP contribution in [0, 0.1) is 6.92 Å². The molecule has 0 unspecified atom stereocenters. The quantitative estimate of drug-likeness (QED) is 0.892. The third-order valence-electron chi connectivity index (χ3n) is 3.65. The molecule has 5 heteroatoms. The maximum absolute atomic E-state index is 12.4. The molecule has 1 amide bonds. The molecule has 2 N–H and O–H groups in total.